The SMILES string of the molecule is CC(C)C1CCn2c(cc3cccnc32)C1. The number of aryl methyl sites for hydroxylation is 1. The van der Waals surface area contributed by atoms with E-state index in [1.165, 1.54) is 29.6 Å². The summed E-state index contributed by atoms with van der Waals surface area (Å²) >= 11 is 0. The predicted octanol–water partition coefficient (Wildman–Crippen LogP) is 3.25. The van der Waals surface area contributed by atoms with Crippen LogP contribution in [0.5, 0.6) is 0 Å². The highest BCUT2D eigenvalue weighted by atomic mass is 15.0. The zero-order chi connectivity index (χ0) is 11.1. The van der Waals surface area contributed by atoms with Gasteiger partial charge in [0.15, 0.2) is 0 Å². The molecule has 3 rings (SSSR count). The molecular weight excluding hydrogens is 196 g/mol. The molecule has 1 unspecified atom stereocenters. The van der Waals surface area contributed by atoms with Crippen LogP contribution in [-0.2, 0) is 13.0 Å². The van der Waals surface area contributed by atoms with Gasteiger partial charge in [0.05, 0.1) is 0 Å². The molecule has 0 amide bonds. The second kappa shape index (κ2) is 3.62. The van der Waals surface area contributed by atoms with Gasteiger partial charge in [0.2, 0.25) is 0 Å². The van der Waals surface area contributed by atoms with Crippen LogP contribution >= 0.6 is 0 Å². The third-order valence-electron chi connectivity index (χ3n) is 3.88. The average molecular weight is 214 g/mol. The van der Waals surface area contributed by atoms with Gasteiger partial charge < -0.3 is 4.57 Å². The van der Waals surface area contributed by atoms with Gasteiger partial charge in [-0.25, -0.2) is 4.98 Å². The molecule has 0 fully saturated rings. The summed E-state index contributed by atoms with van der Waals surface area (Å²) in [5.74, 6) is 1.64. The first kappa shape index (κ1) is 9.88. The average Bonchev–Trinajstić information content (AvgIpc) is 2.66. The zero-order valence-electron chi connectivity index (χ0n) is 9.98. The van der Waals surface area contributed by atoms with Gasteiger partial charge in [0.25, 0.3) is 0 Å². The highest BCUT2D eigenvalue weighted by Gasteiger charge is 2.22. The molecule has 1 aliphatic rings. The minimum atomic E-state index is 0.791. The fourth-order valence-electron chi connectivity index (χ4n) is 2.79. The summed E-state index contributed by atoms with van der Waals surface area (Å²) < 4.78 is 2.40. The van der Waals surface area contributed by atoms with Crippen molar-refractivity contribution in [2.45, 2.75) is 33.2 Å². The van der Waals surface area contributed by atoms with E-state index in [0.717, 1.165) is 18.4 Å². The Morgan fingerprint density at radius 3 is 3.12 bits per heavy atom. The van der Waals surface area contributed by atoms with Crippen molar-refractivity contribution >= 4 is 11.0 Å². The number of fused-ring (bicyclic) bond motifs is 3. The van der Waals surface area contributed by atoms with E-state index in [1.807, 2.05) is 12.3 Å². The molecule has 2 aromatic heterocycles. The largest absolute Gasteiger partial charge is 0.330 e. The third kappa shape index (κ3) is 1.44. The maximum Gasteiger partial charge on any atom is 0.140 e. The lowest BCUT2D eigenvalue weighted by Gasteiger charge is -2.27. The predicted molar refractivity (Wildman–Crippen MR) is 66.4 cm³/mol. The fourth-order valence-corrected chi connectivity index (χ4v) is 2.79. The second-order valence-electron chi connectivity index (χ2n) is 5.20. The lowest BCUT2D eigenvalue weighted by atomic mass is 9.86. The van der Waals surface area contributed by atoms with E-state index < -0.39 is 0 Å². The molecule has 0 radical (unpaired) electrons. The van der Waals surface area contributed by atoms with Crippen LogP contribution in [0.1, 0.15) is 26.0 Å². The van der Waals surface area contributed by atoms with Gasteiger partial charge in [-0.1, -0.05) is 13.8 Å². The van der Waals surface area contributed by atoms with Crippen LogP contribution in [0.4, 0.5) is 0 Å². The molecule has 2 heteroatoms. The Morgan fingerprint density at radius 2 is 2.31 bits per heavy atom. The topological polar surface area (TPSA) is 17.8 Å². The Bertz CT molecular complexity index is 510. The first-order chi connectivity index (χ1) is 7.75. The van der Waals surface area contributed by atoms with Crippen molar-refractivity contribution in [2.75, 3.05) is 0 Å². The van der Waals surface area contributed by atoms with E-state index in [1.54, 1.807) is 0 Å². The Morgan fingerprint density at radius 1 is 1.44 bits per heavy atom. The molecule has 16 heavy (non-hydrogen) atoms. The Kier molecular flexibility index (Phi) is 2.23. The van der Waals surface area contributed by atoms with Crippen molar-refractivity contribution in [3.63, 3.8) is 0 Å². The minimum Gasteiger partial charge on any atom is -0.330 e. The number of hydrogen-bond donors (Lipinski definition) is 0. The number of hydrogen-bond acceptors (Lipinski definition) is 1. The van der Waals surface area contributed by atoms with E-state index in [2.05, 4.69) is 35.5 Å². The Labute approximate surface area is 96.3 Å². The van der Waals surface area contributed by atoms with Gasteiger partial charge in [0, 0.05) is 23.8 Å². The molecular formula is C14H18N2. The van der Waals surface area contributed by atoms with Crippen LogP contribution in [0, 0.1) is 11.8 Å². The highest BCUT2D eigenvalue weighted by molar-refractivity contribution is 5.77. The Balaban J connectivity index is 2.06. The quantitative estimate of drug-likeness (QED) is 0.712. The summed E-state index contributed by atoms with van der Waals surface area (Å²) in [4.78, 5) is 4.49. The maximum absolute atomic E-state index is 4.49. The smallest absolute Gasteiger partial charge is 0.140 e. The van der Waals surface area contributed by atoms with Crippen molar-refractivity contribution in [3.05, 3.63) is 30.1 Å². The van der Waals surface area contributed by atoms with Crippen molar-refractivity contribution in [3.8, 4) is 0 Å². The molecule has 1 atom stereocenters. The van der Waals surface area contributed by atoms with Gasteiger partial charge in [0.1, 0.15) is 5.65 Å². The van der Waals surface area contributed by atoms with Crippen LogP contribution in [-0.4, -0.2) is 9.55 Å². The molecule has 1 aliphatic heterocycles. The van der Waals surface area contributed by atoms with Crippen LogP contribution in [0.3, 0.4) is 0 Å². The first-order valence-electron chi connectivity index (χ1n) is 6.19. The number of aromatic nitrogens is 2. The van der Waals surface area contributed by atoms with Gasteiger partial charge in [-0.2, -0.15) is 0 Å². The van der Waals surface area contributed by atoms with Crippen LogP contribution in [0.25, 0.3) is 11.0 Å². The lowest BCUT2D eigenvalue weighted by molar-refractivity contribution is 0.305. The van der Waals surface area contributed by atoms with Crippen molar-refractivity contribution < 1.29 is 0 Å². The number of rotatable bonds is 1. The summed E-state index contributed by atoms with van der Waals surface area (Å²) in [6, 6.07) is 6.50. The molecule has 0 saturated heterocycles. The highest BCUT2D eigenvalue weighted by Crippen LogP contribution is 2.30. The standard InChI is InChI=1S/C14H18N2/c1-10(2)11-5-7-16-13(8-11)9-12-4-3-6-15-14(12)16/h3-4,6,9-11H,5,7-8H2,1-2H3. The molecule has 0 aromatic carbocycles. The minimum absolute atomic E-state index is 0.791. The molecule has 0 bridgehead atoms. The molecule has 0 saturated carbocycles. The molecule has 2 nitrogen and oxygen atoms in total. The molecule has 3 heterocycles. The van der Waals surface area contributed by atoms with Crippen molar-refractivity contribution in [1.82, 2.24) is 9.55 Å². The maximum atomic E-state index is 4.49. The van der Waals surface area contributed by atoms with Gasteiger partial charge >= 0.3 is 0 Å². The molecule has 0 aliphatic carbocycles. The van der Waals surface area contributed by atoms with Gasteiger partial charge in [-0.05, 0) is 42.9 Å². The second-order valence-corrected chi connectivity index (χ2v) is 5.20. The van der Waals surface area contributed by atoms with Crippen LogP contribution in [0.15, 0.2) is 24.4 Å². The van der Waals surface area contributed by atoms with Gasteiger partial charge in [-0.3, -0.25) is 0 Å². The first-order valence-corrected chi connectivity index (χ1v) is 6.19. The summed E-state index contributed by atoms with van der Waals surface area (Å²) in [5.41, 5.74) is 2.64. The monoisotopic (exact) mass is 214 g/mol. The van der Waals surface area contributed by atoms with Gasteiger partial charge in [-0.15, -0.1) is 0 Å². The number of pyridine rings is 1. The zero-order valence-corrected chi connectivity index (χ0v) is 9.98. The third-order valence-corrected chi connectivity index (χ3v) is 3.88. The summed E-state index contributed by atoms with van der Waals surface area (Å²) in [6.45, 7) is 5.81. The van der Waals surface area contributed by atoms with E-state index in [9.17, 15) is 0 Å². The lowest BCUT2D eigenvalue weighted by Crippen LogP contribution is -2.22. The van der Waals surface area contributed by atoms with E-state index in [-0.39, 0.29) is 0 Å². The van der Waals surface area contributed by atoms with Crippen molar-refractivity contribution in [1.29, 1.82) is 0 Å². The summed E-state index contributed by atoms with van der Waals surface area (Å²) in [7, 11) is 0. The summed E-state index contributed by atoms with van der Waals surface area (Å²) in [5, 5.41) is 1.29. The van der Waals surface area contributed by atoms with Crippen LogP contribution in [0.2, 0.25) is 0 Å². The Hall–Kier alpha value is -1.31. The van der Waals surface area contributed by atoms with E-state index >= 15 is 0 Å². The molecule has 84 valence electrons. The van der Waals surface area contributed by atoms with Crippen LogP contribution < -0.4 is 0 Å². The van der Waals surface area contributed by atoms with E-state index in [0.29, 0.717) is 0 Å². The normalized spacial score (nSPS) is 20.3. The molecule has 2 aromatic rings. The van der Waals surface area contributed by atoms with Crippen molar-refractivity contribution in [2.24, 2.45) is 11.8 Å². The van der Waals surface area contributed by atoms with E-state index in [4.69, 9.17) is 0 Å². The fraction of sp³-hybridized carbons (Fsp3) is 0.500. The molecule has 0 spiro atoms. The summed E-state index contributed by atoms with van der Waals surface area (Å²) in [6.07, 6.45) is 4.41. The molecule has 0 N–H and O–H groups in total. The number of nitrogens with zero attached hydrogens (tertiary/aromatic N) is 2.